The van der Waals surface area contributed by atoms with Crippen molar-refractivity contribution in [2.24, 2.45) is 5.92 Å². The van der Waals surface area contributed by atoms with Crippen molar-refractivity contribution in [3.8, 4) is 0 Å². The molecule has 1 amide bonds. The highest BCUT2D eigenvalue weighted by Crippen LogP contribution is 2.16. The summed E-state index contributed by atoms with van der Waals surface area (Å²) in [7, 11) is 0. The first kappa shape index (κ1) is 12.1. The van der Waals surface area contributed by atoms with Crippen molar-refractivity contribution in [1.29, 1.82) is 0 Å². The quantitative estimate of drug-likeness (QED) is 0.855. The van der Waals surface area contributed by atoms with E-state index in [1.807, 2.05) is 35.2 Å². The number of rotatable bonds is 4. The van der Waals surface area contributed by atoms with Crippen LogP contribution in [0.3, 0.4) is 0 Å². The lowest BCUT2D eigenvalue weighted by molar-refractivity contribution is -0.130. The molecule has 3 heteroatoms. The largest absolute Gasteiger partial charge is 0.396 e. The van der Waals surface area contributed by atoms with Gasteiger partial charge in [-0.2, -0.15) is 0 Å². The molecule has 92 valence electrons. The molecule has 17 heavy (non-hydrogen) atoms. The van der Waals surface area contributed by atoms with Crippen molar-refractivity contribution in [3.63, 3.8) is 0 Å². The van der Waals surface area contributed by atoms with Crippen molar-refractivity contribution < 1.29 is 9.90 Å². The zero-order chi connectivity index (χ0) is 12.1. The van der Waals surface area contributed by atoms with E-state index < -0.39 is 0 Å². The Balaban J connectivity index is 1.78. The van der Waals surface area contributed by atoms with Gasteiger partial charge in [-0.3, -0.25) is 4.79 Å². The molecule has 0 radical (unpaired) electrons. The van der Waals surface area contributed by atoms with Gasteiger partial charge < -0.3 is 10.0 Å². The summed E-state index contributed by atoms with van der Waals surface area (Å²) in [6.07, 6.45) is 2.32. The molecule has 1 heterocycles. The minimum Gasteiger partial charge on any atom is -0.396 e. The van der Waals surface area contributed by atoms with Crippen LogP contribution in [0.2, 0.25) is 0 Å². The normalized spacial score (nSPS) is 19.6. The Morgan fingerprint density at radius 1 is 1.35 bits per heavy atom. The number of carbonyl (C=O) groups excluding carboxylic acids is 1. The third-order valence-corrected chi connectivity index (χ3v) is 3.37. The van der Waals surface area contributed by atoms with Gasteiger partial charge in [0.25, 0.3) is 0 Å². The van der Waals surface area contributed by atoms with E-state index in [1.54, 1.807) is 0 Å². The minimum atomic E-state index is 0.197. The second kappa shape index (κ2) is 5.82. The molecule has 0 aromatic heterocycles. The molecule has 3 nitrogen and oxygen atoms in total. The van der Waals surface area contributed by atoms with E-state index in [1.165, 1.54) is 5.56 Å². The first-order valence-corrected chi connectivity index (χ1v) is 6.22. The van der Waals surface area contributed by atoms with Crippen LogP contribution in [0.4, 0.5) is 0 Å². The number of nitrogens with zero attached hydrogens (tertiary/aromatic N) is 1. The van der Waals surface area contributed by atoms with E-state index >= 15 is 0 Å². The summed E-state index contributed by atoms with van der Waals surface area (Å²) in [6.45, 7) is 1.73. The van der Waals surface area contributed by atoms with Gasteiger partial charge in [0.1, 0.15) is 0 Å². The van der Waals surface area contributed by atoms with Gasteiger partial charge in [-0.05, 0) is 18.4 Å². The second-order valence-corrected chi connectivity index (χ2v) is 4.66. The number of hydrogen-bond acceptors (Lipinski definition) is 2. The average Bonchev–Trinajstić information content (AvgIpc) is 2.86. The minimum absolute atomic E-state index is 0.197. The van der Waals surface area contributed by atoms with Crippen LogP contribution in [-0.4, -0.2) is 35.6 Å². The standard InChI is InChI=1S/C14H19NO2/c16-11-13-8-9-15(10-13)14(17)7-6-12-4-2-1-3-5-12/h1-5,13,16H,6-11H2/t13-/m0/s1. The van der Waals surface area contributed by atoms with Crippen LogP contribution in [0.5, 0.6) is 0 Å². The molecule has 1 N–H and O–H groups in total. The summed E-state index contributed by atoms with van der Waals surface area (Å²) >= 11 is 0. The lowest BCUT2D eigenvalue weighted by Gasteiger charge is -2.16. The molecule has 1 fully saturated rings. The predicted octanol–water partition coefficient (Wildman–Crippen LogP) is 1.46. The molecular weight excluding hydrogens is 214 g/mol. The van der Waals surface area contributed by atoms with Crippen LogP contribution >= 0.6 is 0 Å². The maximum atomic E-state index is 11.9. The molecule has 0 bridgehead atoms. The monoisotopic (exact) mass is 233 g/mol. The second-order valence-electron chi connectivity index (χ2n) is 4.66. The van der Waals surface area contributed by atoms with Gasteiger partial charge in [0.05, 0.1) is 0 Å². The molecule has 0 aliphatic carbocycles. The van der Waals surface area contributed by atoms with Crippen molar-refractivity contribution in [1.82, 2.24) is 4.90 Å². The average molecular weight is 233 g/mol. The highest BCUT2D eigenvalue weighted by atomic mass is 16.3. The number of aliphatic hydroxyl groups excluding tert-OH is 1. The molecule has 0 saturated carbocycles. The first-order chi connectivity index (χ1) is 8.29. The van der Waals surface area contributed by atoms with Gasteiger partial charge >= 0.3 is 0 Å². The number of aliphatic hydroxyl groups is 1. The molecule has 1 saturated heterocycles. The molecule has 1 aliphatic heterocycles. The zero-order valence-corrected chi connectivity index (χ0v) is 10.0. The van der Waals surface area contributed by atoms with Gasteiger partial charge in [-0.25, -0.2) is 0 Å². The van der Waals surface area contributed by atoms with E-state index in [0.717, 1.165) is 25.9 Å². The molecule has 1 aromatic carbocycles. The van der Waals surface area contributed by atoms with Gasteiger partial charge in [0.15, 0.2) is 0 Å². The maximum absolute atomic E-state index is 11.9. The van der Waals surface area contributed by atoms with Crippen molar-refractivity contribution >= 4 is 5.91 Å². The summed E-state index contributed by atoms with van der Waals surface area (Å²) in [6, 6.07) is 10.1. The fraction of sp³-hybridized carbons (Fsp3) is 0.500. The summed E-state index contributed by atoms with van der Waals surface area (Å²) in [5, 5.41) is 9.04. The molecule has 1 aliphatic rings. The van der Waals surface area contributed by atoms with Gasteiger partial charge in [-0.1, -0.05) is 30.3 Å². The third kappa shape index (κ3) is 3.30. The number of hydrogen-bond donors (Lipinski definition) is 1. The van der Waals surface area contributed by atoms with Crippen LogP contribution in [-0.2, 0) is 11.2 Å². The Bertz CT molecular complexity index is 364. The first-order valence-electron chi connectivity index (χ1n) is 6.22. The van der Waals surface area contributed by atoms with Crippen LogP contribution in [0.15, 0.2) is 30.3 Å². The molecule has 2 rings (SSSR count). The van der Waals surface area contributed by atoms with E-state index in [0.29, 0.717) is 6.42 Å². The number of likely N-dealkylation sites (tertiary alicyclic amines) is 1. The summed E-state index contributed by atoms with van der Waals surface area (Å²) in [5.41, 5.74) is 1.21. The van der Waals surface area contributed by atoms with Gasteiger partial charge in [-0.15, -0.1) is 0 Å². The number of aryl methyl sites for hydroxylation is 1. The van der Waals surface area contributed by atoms with Gasteiger partial charge in [0, 0.05) is 32.0 Å². The molecular formula is C14H19NO2. The number of carbonyl (C=O) groups is 1. The Hall–Kier alpha value is -1.35. The van der Waals surface area contributed by atoms with Crippen molar-refractivity contribution in [2.75, 3.05) is 19.7 Å². The van der Waals surface area contributed by atoms with E-state index in [9.17, 15) is 4.79 Å². The molecule has 0 unspecified atom stereocenters. The van der Waals surface area contributed by atoms with Crippen LogP contribution < -0.4 is 0 Å². The maximum Gasteiger partial charge on any atom is 0.222 e. The van der Waals surface area contributed by atoms with Crippen LogP contribution in [0, 0.1) is 5.92 Å². The smallest absolute Gasteiger partial charge is 0.222 e. The lowest BCUT2D eigenvalue weighted by Crippen LogP contribution is -2.29. The lowest BCUT2D eigenvalue weighted by atomic mass is 10.1. The van der Waals surface area contributed by atoms with Crippen LogP contribution in [0.25, 0.3) is 0 Å². The van der Waals surface area contributed by atoms with Gasteiger partial charge in [0.2, 0.25) is 5.91 Å². The molecule has 1 atom stereocenters. The van der Waals surface area contributed by atoms with Crippen molar-refractivity contribution in [3.05, 3.63) is 35.9 Å². The van der Waals surface area contributed by atoms with Crippen molar-refractivity contribution in [2.45, 2.75) is 19.3 Å². The van der Waals surface area contributed by atoms with E-state index in [2.05, 4.69) is 0 Å². The Morgan fingerprint density at radius 3 is 2.76 bits per heavy atom. The SMILES string of the molecule is O=C(CCc1ccccc1)N1CC[C@H](CO)C1. The highest BCUT2D eigenvalue weighted by Gasteiger charge is 2.24. The Labute approximate surface area is 102 Å². The fourth-order valence-electron chi connectivity index (χ4n) is 2.26. The summed E-state index contributed by atoms with van der Waals surface area (Å²) in [5.74, 6) is 0.500. The fourth-order valence-corrected chi connectivity index (χ4v) is 2.26. The van der Waals surface area contributed by atoms with Crippen LogP contribution in [0.1, 0.15) is 18.4 Å². The highest BCUT2D eigenvalue weighted by molar-refractivity contribution is 5.76. The van der Waals surface area contributed by atoms with E-state index in [4.69, 9.17) is 5.11 Å². The number of benzene rings is 1. The van der Waals surface area contributed by atoms with E-state index in [-0.39, 0.29) is 18.4 Å². The zero-order valence-electron chi connectivity index (χ0n) is 10.0. The summed E-state index contributed by atoms with van der Waals surface area (Å²) in [4.78, 5) is 13.8. The Kier molecular flexibility index (Phi) is 4.15. The molecule has 1 aromatic rings. The topological polar surface area (TPSA) is 40.5 Å². The summed E-state index contributed by atoms with van der Waals surface area (Å²) < 4.78 is 0. The number of amides is 1. The molecule has 0 spiro atoms. The third-order valence-electron chi connectivity index (χ3n) is 3.37. The predicted molar refractivity (Wildman–Crippen MR) is 66.5 cm³/mol. The Morgan fingerprint density at radius 2 is 2.12 bits per heavy atom.